The van der Waals surface area contributed by atoms with Crippen molar-refractivity contribution in [3.05, 3.63) is 35.4 Å². The molecular formula is C15H18N2O. The third-order valence-electron chi connectivity index (χ3n) is 3.49. The number of hydrogen-bond donors (Lipinski definition) is 0. The van der Waals surface area contributed by atoms with E-state index in [1.807, 2.05) is 23.1 Å². The van der Waals surface area contributed by atoms with Gasteiger partial charge in [0.2, 0.25) is 5.91 Å². The number of nitriles is 1. The molecule has 94 valence electrons. The standard InChI is InChI=1S/C15H18N2O/c1-2-5-12-8-15(18)17(10-12)11-14-7-4-3-6-13(14)9-16/h3-4,6-7,12H,2,5,8,10-11H2,1H3. The molecule has 3 heteroatoms. The van der Waals surface area contributed by atoms with Gasteiger partial charge in [-0.2, -0.15) is 5.26 Å². The van der Waals surface area contributed by atoms with Gasteiger partial charge in [-0.1, -0.05) is 31.5 Å². The van der Waals surface area contributed by atoms with E-state index < -0.39 is 0 Å². The molecule has 0 aromatic heterocycles. The zero-order valence-electron chi connectivity index (χ0n) is 10.7. The van der Waals surface area contributed by atoms with E-state index in [4.69, 9.17) is 5.26 Å². The van der Waals surface area contributed by atoms with E-state index in [1.165, 1.54) is 0 Å². The molecule has 18 heavy (non-hydrogen) atoms. The molecule has 1 heterocycles. The van der Waals surface area contributed by atoms with E-state index in [9.17, 15) is 4.79 Å². The fraction of sp³-hybridized carbons (Fsp3) is 0.467. The summed E-state index contributed by atoms with van der Waals surface area (Å²) in [4.78, 5) is 13.8. The summed E-state index contributed by atoms with van der Waals surface area (Å²) in [5.41, 5.74) is 1.62. The summed E-state index contributed by atoms with van der Waals surface area (Å²) >= 11 is 0. The first-order valence-corrected chi connectivity index (χ1v) is 6.50. The third kappa shape index (κ3) is 2.70. The van der Waals surface area contributed by atoms with E-state index in [2.05, 4.69) is 13.0 Å². The van der Waals surface area contributed by atoms with Crippen molar-refractivity contribution < 1.29 is 4.79 Å². The highest BCUT2D eigenvalue weighted by Gasteiger charge is 2.28. The predicted octanol–water partition coefficient (Wildman–Crippen LogP) is 2.71. The van der Waals surface area contributed by atoms with Gasteiger partial charge in [0.15, 0.2) is 0 Å². The highest BCUT2D eigenvalue weighted by Crippen LogP contribution is 2.24. The van der Waals surface area contributed by atoms with Crippen LogP contribution in [0.15, 0.2) is 24.3 Å². The molecule has 1 aliphatic heterocycles. The van der Waals surface area contributed by atoms with Crippen molar-refractivity contribution in [2.75, 3.05) is 6.54 Å². The average molecular weight is 242 g/mol. The maximum absolute atomic E-state index is 11.9. The van der Waals surface area contributed by atoms with Gasteiger partial charge in [0.25, 0.3) is 0 Å². The number of carbonyl (C=O) groups excluding carboxylic acids is 1. The summed E-state index contributed by atoms with van der Waals surface area (Å²) in [6, 6.07) is 9.69. The van der Waals surface area contributed by atoms with E-state index in [-0.39, 0.29) is 5.91 Å². The van der Waals surface area contributed by atoms with Gasteiger partial charge >= 0.3 is 0 Å². The van der Waals surface area contributed by atoms with Gasteiger partial charge in [-0.05, 0) is 24.0 Å². The lowest BCUT2D eigenvalue weighted by atomic mass is 10.0. The molecule has 0 spiro atoms. The molecule has 0 aliphatic carbocycles. The summed E-state index contributed by atoms with van der Waals surface area (Å²) in [5, 5.41) is 9.04. The molecule has 1 saturated heterocycles. The normalized spacial score (nSPS) is 19.0. The summed E-state index contributed by atoms with van der Waals surface area (Å²) < 4.78 is 0. The molecule has 1 atom stereocenters. The molecule has 2 rings (SSSR count). The van der Waals surface area contributed by atoms with Crippen molar-refractivity contribution in [1.82, 2.24) is 4.90 Å². The maximum Gasteiger partial charge on any atom is 0.223 e. The van der Waals surface area contributed by atoms with Crippen LogP contribution in [0.25, 0.3) is 0 Å². The van der Waals surface area contributed by atoms with Crippen LogP contribution in [0.2, 0.25) is 0 Å². The molecule has 0 N–H and O–H groups in total. The van der Waals surface area contributed by atoms with Gasteiger partial charge in [-0.25, -0.2) is 0 Å². The second-order valence-corrected chi connectivity index (χ2v) is 4.90. The van der Waals surface area contributed by atoms with E-state index in [1.54, 1.807) is 6.07 Å². The number of rotatable bonds is 4. The third-order valence-corrected chi connectivity index (χ3v) is 3.49. The zero-order chi connectivity index (χ0) is 13.0. The number of hydrogen-bond acceptors (Lipinski definition) is 2. The quantitative estimate of drug-likeness (QED) is 0.814. The second kappa shape index (κ2) is 5.68. The van der Waals surface area contributed by atoms with Gasteiger partial charge in [0, 0.05) is 19.5 Å². The number of likely N-dealkylation sites (tertiary alicyclic amines) is 1. The molecule has 1 unspecified atom stereocenters. The SMILES string of the molecule is CCCC1CC(=O)N(Cc2ccccc2C#N)C1. The minimum Gasteiger partial charge on any atom is -0.338 e. The van der Waals surface area contributed by atoms with Gasteiger partial charge in [-0.15, -0.1) is 0 Å². The molecule has 0 saturated carbocycles. The monoisotopic (exact) mass is 242 g/mol. The molecule has 0 radical (unpaired) electrons. The van der Waals surface area contributed by atoms with Crippen LogP contribution < -0.4 is 0 Å². The zero-order valence-corrected chi connectivity index (χ0v) is 10.7. The Hall–Kier alpha value is -1.82. The molecule has 1 amide bonds. The minimum atomic E-state index is 0.223. The first kappa shape index (κ1) is 12.6. The van der Waals surface area contributed by atoms with E-state index in [0.717, 1.165) is 24.9 Å². The number of nitrogens with zero attached hydrogens (tertiary/aromatic N) is 2. The Bertz CT molecular complexity index is 476. The number of carbonyl (C=O) groups is 1. The second-order valence-electron chi connectivity index (χ2n) is 4.90. The minimum absolute atomic E-state index is 0.223. The first-order chi connectivity index (χ1) is 8.74. The topological polar surface area (TPSA) is 44.1 Å². The molecule has 0 bridgehead atoms. The van der Waals surface area contributed by atoms with E-state index >= 15 is 0 Å². The summed E-state index contributed by atoms with van der Waals surface area (Å²) in [6.45, 7) is 3.56. The fourth-order valence-electron chi connectivity index (χ4n) is 2.58. The summed E-state index contributed by atoms with van der Waals surface area (Å²) in [6.07, 6.45) is 2.91. The molecule has 1 aromatic rings. The van der Waals surface area contributed by atoms with Crippen molar-refractivity contribution in [3.63, 3.8) is 0 Å². The fourth-order valence-corrected chi connectivity index (χ4v) is 2.58. The van der Waals surface area contributed by atoms with Crippen LogP contribution in [-0.2, 0) is 11.3 Å². The van der Waals surface area contributed by atoms with Crippen LogP contribution in [-0.4, -0.2) is 17.4 Å². The largest absolute Gasteiger partial charge is 0.338 e. The Labute approximate surface area is 108 Å². The summed E-state index contributed by atoms with van der Waals surface area (Å²) in [5.74, 6) is 0.720. The Morgan fingerprint density at radius 3 is 2.94 bits per heavy atom. The van der Waals surface area contributed by atoms with Crippen LogP contribution in [0.1, 0.15) is 37.3 Å². The maximum atomic E-state index is 11.9. The lowest BCUT2D eigenvalue weighted by Crippen LogP contribution is -2.25. The highest BCUT2D eigenvalue weighted by molar-refractivity contribution is 5.78. The van der Waals surface area contributed by atoms with Crippen molar-refractivity contribution in [2.24, 2.45) is 5.92 Å². The van der Waals surface area contributed by atoms with Gasteiger partial charge in [0.1, 0.15) is 0 Å². The highest BCUT2D eigenvalue weighted by atomic mass is 16.2. The van der Waals surface area contributed by atoms with Crippen molar-refractivity contribution in [1.29, 1.82) is 5.26 Å². The van der Waals surface area contributed by atoms with E-state index in [0.29, 0.717) is 24.4 Å². The Balaban J connectivity index is 2.06. The Kier molecular flexibility index (Phi) is 3.99. The summed E-state index contributed by atoms with van der Waals surface area (Å²) in [7, 11) is 0. The van der Waals surface area contributed by atoms with Crippen LogP contribution in [0.3, 0.4) is 0 Å². The van der Waals surface area contributed by atoms with Crippen LogP contribution >= 0.6 is 0 Å². The van der Waals surface area contributed by atoms with Crippen LogP contribution in [0.4, 0.5) is 0 Å². The van der Waals surface area contributed by atoms with Crippen molar-refractivity contribution >= 4 is 5.91 Å². The molecule has 1 aliphatic rings. The Morgan fingerprint density at radius 1 is 1.44 bits per heavy atom. The van der Waals surface area contributed by atoms with Gasteiger partial charge in [0.05, 0.1) is 11.6 Å². The molecular weight excluding hydrogens is 224 g/mol. The number of amides is 1. The Morgan fingerprint density at radius 2 is 2.22 bits per heavy atom. The number of benzene rings is 1. The van der Waals surface area contributed by atoms with Crippen molar-refractivity contribution in [2.45, 2.75) is 32.7 Å². The van der Waals surface area contributed by atoms with Crippen LogP contribution in [0, 0.1) is 17.2 Å². The van der Waals surface area contributed by atoms with Gasteiger partial charge < -0.3 is 4.90 Å². The molecule has 1 fully saturated rings. The lowest BCUT2D eigenvalue weighted by Gasteiger charge is -2.17. The first-order valence-electron chi connectivity index (χ1n) is 6.50. The molecule has 1 aromatic carbocycles. The van der Waals surface area contributed by atoms with Crippen molar-refractivity contribution in [3.8, 4) is 6.07 Å². The van der Waals surface area contributed by atoms with Gasteiger partial charge in [-0.3, -0.25) is 4.79 Å². The predicted molar refractivity (Wildman–Crippen MR) is 69.6 cm³/mol. The van der Waals surface area contributed by atoms with Crippen LogP contribution in [0.5, 0.6) is 0 Å². The molecule has 3 nitrogen and oxygen atoms in total. The smallest absolute Gasteiger partial charge is 0.223 e. The average Bonchev–Trinajstić information content (AvgIpc) is 2.71. The lowest BCUT2D eigenvalue weighted by molar-refractivity contribution is -0.128.